The average molecular weight is 261 g/mol. The van der Waals surface area contributed by atoms with Crippen LogP contribution in [0, 0.1) is 0 Å². The number of hydrogen-bond donors (Lipinski definition) is 1. The van der Waals surface area contributed by atoms with Gasteiger partial charge in [0.05, 0.1) is 6.61 Å². The van der Waals surface area contributed by atoms with Crippen molar-refractivity contribution in [1.82, 2.24) is 5.32 Å². The molecule has 1 aromatic carbocycles. The first-order chi connectivity index (χ1) is 9.22. The van der Waals surface area contributed by atoms with Crippen LogP contribution in [0.25, 0.3) is 0 Å². The normalized spacial score (nSPS) is 20.2. The number of aryl methyl sites for hydroxylation is 1. The average Bonchev–Trinajstić information content (AvgIpc) is 2.62. The number of fused-ring (bicyclic) bond motifs is 1. The van der Waals surface area contributed by atoms with Gasteiger partial charge in [-0.15, -0.1) is 0 Å². The monoisotopic (exact) mass is 261 g/mol. The van der Waals surface area contributed by atoms with E-state index in [0.29, 0.717) is 6.61 Å². The van der Waals surface area contributed by atoms with Crippen LogP contribution in [-0.2, 0) is 16.0 Å². The molecule has 1 aliphatic carbocycles. The van der Waals surface area contributed by atoms with Crippen LogP contribution in [0.1, 0.15) is 50.3 Å². The van der Waals surface area contributed by atoms with Crippen LogP contribution in [0.5, 0.6) is 0 Å². The molecule has 1 aliphatic rings. The Bertz CT molecular complexity index is 431. The lowest BCUT2D eigenvalue weighted by atomic mass is 9.98. The van der Waals surface area contributed by atoms with Gasteiger partial charge in [-0.25, -0.2) is 0 Å². The van der Waals surface area contributed by atoms with E-state index in [1.54, 1.807) is 0 Å². The highest BCUT2D eigenvalue weighted by Crippen LogP contribution is 2.28. The Morgan fingerprint density at radius 3 is 3.00 bits per heavy atom. The van der Waals surface area contributed by atoms with Gasteiger partial charge in [-0.2, -0.15) is 0 Å². The molecule has 0 radical (unpaired) electrons. The molecule has 1 N–H and O–H groups in total. The highest BCUT2D eigenvalue weighted by atomic mass is 16.5. The molecule has 0 aliphatic heterocycles. The molecule has 19 heavy (non-hydrogen) atoms. The number of carbonyl (C=O) groups excluding carboxylic acids is 1. The minimum atomic E-state index is -0.254. The SMILES string of the molecule is CCOC(=O)C(C)NC1CCCCc2ccccc21. The zero-order chi connectivity index (χ0) is 13.7. The number of carbonyl (C=O) groups is 1. The molecule has 0 amide bonds. The minimum Gasteiger partial charge on any atom is -0.465 e. The van der Waals surface area contributed by atoms with Crippen LogP contribution in [0.2, 0.25) is 0 Å². The van der Waals surface area contributed by atoms with Gasteiger partial charge in [0, 0.05) is 6.04 Å². The van der Waals surface area contributed by atoms with E-state index < -0.39 is 0 Å². The lowest BCUT2D eigenvalue weighted by Crippen LogP contribution is -2.38. The Hall–Kier alpha value is -1.35. The Morgan fingerprint density at radius 1 is 1.42 bits per heavy atom. The fourth-order valence-electron chi connectivity index (χ4n) is 2.73. The Balaban J connectivity index is 2.09. The number of esters is 1. The van der Waals surface area contributed by atoms with E-state index in [2.05, 4.69) is 29.6 Å². The summed E-state index contributed by atoms with van der Waals surface area (Å²) in [6.07, 6.45) is 4.65. The van der Waals surface area contributed by atoms with Gasteiger partial charge in [0.2, 0.25) is 0 Å². The smallest absolute Gasteiger partial charge is 0.322 e. The first-order valence-electron chi connectivity index (χ1n) is 7.23. The molecule has 0 spiro atoms. The standard InChI is InChI=1S/C16H23NO2/c1-3-19-16(18)12(2)17-15-11-7-5-9-13-8-4-6-10-14(13)15/h4,6,8,10,12,15,17H,3,5,7,9,11H2,1-2H3. The topological polar surface area (TPSA) is 38.3 Å². The molecule has 0 saturated heterocycles. The molecule has 0 bridgehead atoms. The summed E-state index contributed by atoms with van der Waals surface area (Å²) in [7, 11) is 0. The molecule has 2 unspecified atom stereocenters. The summed E-state index contributed by atoms with van der Waals surface area (Å²) in [5, 5.41) is 3.43. The van der Waals surface area contributed by atoms with Gasteiger partial charge in [-0.05, 0) is 44.2 Å². The molecule has 104 valence electrons. The Kier molecular flexibility index (Phi) is 4.97. The molecule has 3 heteroatoms. The molecule has 0 aromatic heterocycles. The maximum atomic E-state index is 11.7. The first-order valence-corrected chi connectivity index (χ1v) is 7.23. The van der Waals surface area contributed by atoms with Crippen LogP contribution in [-0.4, -0.2) is 18.6 Å². The second-order valence-electron chi connectivity index (χ2n) is 5.14. The third kappa shape index (κ3) is 3.57. The molecule has 0 fully saturated rings. The van der Waals surface area contributed by atoms with Crippen molar-refractivity contribution < 1.29 is 9.53 Å². The summed E-state index contributed by atoms with van der Waals surface area (Å²) >= 11 is 0. The van der Waals surface area contributed by atoms with Crippen molar-refractivity contribution in [2.45, 2.75) is 51.6 Å². The predicted octanol–water partition coefficient (Wildman–Crippen LogP) is 3.00. The molecule has 0 saturated carbocycles. The fourth-order valence-corrected chi connectivity index (χ4v) is 2.73. The Morgan fingerprint density at radius 2 is 2.21 bits per heavy atom. The predicted molar refractivity (Wildman–Crippen MR) is 76.0 cm³/mol. The van der Waals surface area contributed by atoms with Crippen LogP contribution in [0.4, 0.5) is 0 Å². The minimum absolute atomic E-state index is 0.163. The van der Waals surface area contributed by atoms with Crippen molar-refractivity contribution in [2.75, 3.05) is 6.61 Å². The van der Waals surface area contributed by atoms with E-state index in [9.17, 15) is 4.79 Å². The van der Waals surface area contributed by atoms with E-state index in [1.165, 1.54) is 24.0 Å². The summed E-state index contributed by atoms with van der Waals surface area (Å²) < 4.78 is 5.06. The van der Waals surface area contributed by atoms with Crippen LogP contribution < -0.4 is 5.32 Å². The van der Waals surface area contributed by atoms with Gasteiger partial charge >= 0.3 is 5.97 Å². The van der Waals surface area contributed by atoms with E-state index in [1.807, 2.05) is 13.8 Å². The summed E-state index contributed by atoms with van der Waals surface area (Å²) in [4.78, 5) is 11.7. The van der Waals surface area contributed by atoms with Gasteiger partial charge in [0.1, 0.15) is 6.04 Å². The van der Waals surface area contributed by atoms with Crippen molar-refractivity contribution in [3.63, 3.8) is 0 Å². The number of hydrogen-bond acceptors (Lipinski definition) is 3. The first kappa shape index (κ1) is 14.1. The van der Waals surface area contributed by atoms with Gasteiger partial charge in [0.25, 0.3) is 0 Å². The Labute approximate surface area is 115 Å². The lowest BCUT2D eigenvalue weighted by molar-refractivity contribution is -0.145. The van der Waals surface area contributed by atoms with Crippen molar-refractivity contribution in [2.24, 2.45) is 0 Å². The van der Waals surface area contributed by atoms with E-state index >= 15 is 0 Å². The molecule has 2 rings (SSSR count). The third-order valence-electron chi connectivity index (χ3n) is 3.71. The quantitative estimate of drug-likeness (QED) is 0.669. The summed E-state index contributed by atoms with van der Waals surface area (Å²) in [6, 6.07) is 8.55. The largest absolute Gasteiger partial charge is 0.465 e. The van der Waals surface area contributed by atoms with Gasteiger partial charge in [-0.1, -0.05) is 30.7 Å². The van der Waals surface area contributed by atoms with Gasteiger partial charge in [0.15, 0.2) is 0 Å². The second kappa shape index (κ2) is 6.71. The maximum Gasteiger partial charge on any atom is 0.322 e. The van der Waals surface area contributed by atoms with Crippen molar-refractivity contribution >= 4 is 5.97 Å². The number of nitrogens with one attached hydrogen (secondary N) is 1. The molecular weight excluding hydrogens is 238 g/mol. The number of rotatable bonds is 4. The number of benzene rings is 1. The fraction of sp³-hybridized carbons (Fsp3) is 0.562. The highest BCUT2D eigenvalue weighted by Gasteiger charge is 2.23. The van der Waals surface area contributed by atoms with Crippen LogP contribution in [0.3, 0.4) is 0 Å². The second-order valence-corrected chi connectivity index (χ2v) is 5.14. The van der Waals surface area contributed by atoms with E-state index in [-0.39, 0.29) is 18.1 Å². The van der Waals surface area contributed by atoms with Gasteiger partial charge in [-0.3, -0.25) is 10.1 Å². The van der Waals surface area contributed by atoms with E-state index in [4.69, 9.17) is 4.74 Å². The highest BCUT2D eigenvalue weighted by molar-refractivity contribution is 5.75. The van der Waals surface area contributed by atoms with Crippen molar-refractivity contribution in [1.29, 1.82) is 0 Å². The maximum absolute atomic E-state index is 11.7. The summed E-state index contributed by atoms with van der Waals surface area (Å²) in [6.45, 7) is 4.16. The van der Waals surface area contributed by atoms with Crippen LogP contribution >= 0.6 is 0 Å². The lowest BCUT2D eigenvalue weighted by Gasteiger charge is -2.23. The molecule has 2 atom stereocenters. The summed E-state index contributed by atoms with van der Waals surface area (Å²) in [5.41, 5.74) is 2.75. The van der Waals surface area contributed by atoms with E-state index in [0.717, 1.165) is 12.8 Å². The molecule has 3 nitrogen and oxygen atoms in total. The third-order valence-corrected chi connectivity index (χ3v) is 3.71. The molecule has 1 aromatic rings. The van der Waals surface area contributed by atoms with Crippen molar-refractivity contribution in [3.8, 4) is 0 Å². The molecular formula is C16H23NO2. The zero-order valence-electron chi connectivity index (χ0n) is 11.8. The summed E-state index contributed by atoms with van der Waals surface area (Å²) in [5.74, 6) is -0.163. The van der Waals surface area contributed by atoms with Crippen LogP contribution in [0.15, 0.2) is 24.3 Å². The zero-order valence-corrected chi connectivity index (χ0v) is 11.8. The molecule has 0 heterocycles. The van der Waals surface area contributed by atoms with Gasteiger partial charge < -0.3 is 4.74 Å². The van der Waals surface area contributed by atoms with Crippen molar-refractivity contribution in [3.05, 3.63) is 35.4 Å². The number of ether oxygens (including phenoxy) is 1.